The topological polar surface area (TPSA) is 65.0 Å². The number of benzene rings is 2. The van der Waals surface area contributed by atoms with Gasteiger partial charge in [0.15, 0.2) is 18.1 Å². The smallest absolute Gasteiger partial charge is 0.341 e. The van der Waals surface area contributed by atoms with Gasteiger partial charge < -0.3 is 19.3 Å². The second-order valence-corrected chi connectivity index (χ2v) is 8.93. The molecule has 2 aromatic rings. The minimum absolute atomic E-state index is 0.0335. The maximum Gasteiger partial charge on any atom is 0.341 e. The van der Waals surface area contributed by atoms with Crippen molar-refractivity contribution in [1.29, 1.82) is 0 Å². The van der Waals surface area contributed by atoms with E-state index < -0.39 is 18.7 Å². The molecule has 4 atom stereocenters. The van der Waals surface area contributed by atoms with Crippen molar-refractivity contribution in [3.63, 3.8) is 0 Å². The van der Waals surface area contributed by atoms with Gasteiger partial charge in [-0.3, -0.25) is 0 Å². The summed E-state index contributed by atoms with van der Waals surface area (Å²) in [5.74, 6) is -0.252. The van der Waals surface area contributed by atoms with E-state index in [0.717, 1.165) is 24.0 Å². The zero-order valence-electron chi connectivity index (χ0n) is 18.4. The number of methoxy groups -OCH3 is 1. The van der Waals surface area contributed by atoms with Crippen molar-refractivity contribution in [3.05, 3.63) is 69.7 Å². The highest BCUT2D eigenvalue weighted by atomic mass is 35.5. The predicted molar refractivity (Wildman–Crippen MR) is 126 cm³/mol. The fourth-order valence-electron chi connectivity index (χ4n) is 4.36. The first-order valence-electron chi connectivity index (χ1n) is 10.5. The molecule has 32 heavy (non-hydrogen) atoms. The van der Waals surface area contributed by atoms with Gasteiger partial charge in [0, 0.05) is 33.5 Å². The third-order valence-corrected chi connectivity index (χ3v) is 6.36. The van der Waals surface area contributed by atoms with Gasteiger partial charge in [0.1, 0.15) is 0 Å². The van der Waals surface area contributed by atoms with Crippen molar-refractivity contribution in [2.45, 2.75) is 44.8 Å². The Morgan fingerprint density at radius 2 is 1.91 bits per heavy atom. The van der Waals surface area contributed by atoms with Crippen molar-refractivity contribution >= 4 is 29.2 Å². The van der Waals surface area contributed by atoms with E-state index >= 15 is 0 Å². The third kappa shape index (κ3) is 5.40. The minimum Gasteiger partial charge on any atom is -0.493 e. The zero-order chi connectivity index (χ0) is 23.4. The number of hydrogen-bond donors (Lipinski definition) is 1. The Balaban J connectivity index is 2.05. The molecule has 0 radical (unpaired) electrons. The van der Waals surface area contributed by atoms with Crippen molar-refractivity contribution in [2.24, 2.45) is 5.92 Å². The molecule has 0 aliphatic carbocycles. The van der Waals surface area contributed by atoms with E-state index in [9.17, 15) is 4.79 Å². The summed E-state index contributed by atoms with van der Waals surface area (Å²) in [6.07, 6.45) is 1.15. The molecule has 0 aromatic heterocycles. The fourth-order valence-corrected chi connectivity index (χ4v) is 4.70. The Morgan fingerprint density at radius 3 is 2.47 bits per heavy atom. The first-order chi connectivity index (χ1) is 15.2. The maximum atomic E-state index is 11.2. The van der Waals surface area contributed by atoms with Gasteiger partial charge in [-0.1, -0.05) is 54.4 Å². The molecule has 1 aliphatic rings. The van der Waals surface area contributed by atoms with Crippen LogP contribution in [0.1, 0.15) is 49.8 Å². The van der Waals surface area contributed by atoms with Crippen LogP contribution in [-0.2, 0) is 9.53 Å². The Labute approximate surface area is 198 Å². The van der Waals surface area contributed by atoms with E-state index in [1.54, 1.807) is 12.1 Å². The molecule has 1 aliphatic heterocycles. The molecular formula is C25H28Cl2O5. The number of rotatable bonds is 8. The largest absolute Gasteiger partial charge is 0.493 e. The number of carboxylic acid groups (broad SMARTS) is 1. The summed E-state index contributed by atoms with van der Waals surface area (Å²) in [6, 6.07) is 11.2. The lowest BCUT2D eigenvalue weighted by atomic mass is 9.75. The highest BCUT2D eigenvalue weighted by molar-refractivity contribution is 6.31. The third-order valence-electron chi connectivity index (χ3n) is 5.89. The number of halogens is 2. The van der Waals surface area contributed by atoms with Crippen molar-refractivity contribution < 1.29 is 24.1 Å². The molecule has 3 rings (SSSR count). The molecule has 0 saturated carbocycles. The zero-order valence-corrected chi connectivity index (χ0v) is 19.9. The van der Waals surface area contributed by atoms with E-state index in [2.05, 4.69) is 13.5 Å². The summed E-state index contributed by atoms with van der Waals surface area (Å²) < 4.78 is 17.7. The Hall–Kier alpha value is -2.21. The summed E-state index contributed by atoms with van der Waals surface area (Å²) in [4.78, 5) is 11.2. The van der Waals surface area contributed by atoms with Gasteiger partial charge in [-0.25, -0.2) is 4.79 Å². The molecule has 2 aromatic carbocycles. The monoisotopic (exact) mass is 478 g/mol. The average molecular weight is 479 g/mol. The molecule has 1 saturated heterocycles. The van der Waals surface area contributed by atoms with Crippen molar-refractivity contribution in [3.8, 4) is 11.5 Å². The van der Waals surface area contributed by atoms with Gasteiger partial charge >= 0.3 is 5.97 Å². The van der Waals surface area contributed by atoms with Crippen molar-refractivity contribution in [2.75, 3.05) is 13.7 Å². The van der Waals surface area contributed by atoms with Crippen LogP contribution in [0.15, 0.2) is 48.6 Å². The highest BCUT2D eigenvalue weighted by Crippen LogP contribution is 2.51. The quantitative estimate of drug-likeness (QED) is 0.428. The SMILES string of the molecule is C=C(C)[C@H]1C[C@H](c2ccc(Cl)cc2)[C@H](CC)O[C@@H]1c1cc(Cl)cc(OC)c1OCC(=O)O. The van der Waals surface area contributed by atoms with E-state index in [4.69, 9.17) is 42.5 Å². The van der Waals surface area contributed by atoms with Crippen LogP contribution in [0.3, 0.4) is 0 Å². The number of carbonyl (C=O) groups is 1. The van der Waals surface area contributed by atoms with Crippen LogP contribution in [0.5, 0.6) is 11.5 Å². The van der Waals surface area contributed by atoms with Crippen LogP contribution >= 0.6 is 23.2 Å². The van der Waals surface area contributed by atoms with E-state index in [1.807, 2.05) is 31.2 Å². The van der Waals surface area contributed by atoms with Gasteiger partial charge in [-0.15, -0.1) is 0 Å². The standard InChI is InChI=1S/C25H28Cl2O5/c1-5-21-19(15-6-8-16(26)9-7-15)12-18(14(2)3)24(32-21)20-10-17(27)11-22(30-4)25(20)31-13-23(28)29/h6-11,18-19,21,24H,2,5,12-13H2,1,3-4H3,(H,28,29)/t18-,19-,21+,24+/m1/s1. The second kappa shape index (κ2) is 10.6. The van der Waals surface area contributed by atoms with Gasteiger partial charge in [-0.2, -0.15) is 0 Å². The Bertz CT molecular complexity index is 973. The molecule has 0 amide bonds. The summed E-state index contributed by atoms with van der Waals surface area (Å²) >= 11 is 12.5. The van der Waals surface area contributed by atoms with Gasteiger partial charge in [-0.05, 0) is 43.5 Å². The lowest BCUT2D eigenvalue weighted by Crippen LogP contribution is -2.36. The van der Waals surface area contributed by atoms with Crippen LogP contribution in [-0.4, -0.2) is 30.9 Å². The normalized spacial score (nSPS) is 22.9. The maximum absolute atomic E-state index is 11.2. The molecule has 0 bridgehead atoms. The first-order valence-corrected chi connectivity index (χ1v) is 11.3. The molecular weight excluding hydrogens is 451 g/mol. The molecule has 1 heterocycles. The second-order valence-electron chi connectivity index (χ2n) is 8.06. The molecule has 7 heteroatoms. The van der Waals surface area contributed by atoms with Crippen LogP contribution < -0.4 is 9.47 Å². The Morgan fingerprint density at radius 1 is 1.22 bits per heavy atom. The number of hydrogen-bond acceptors (Lipinski definition) is 4. The average Bonchev–Trinajstić information content (AvgIpc) is 2.77. The van der Waals surface area contributed by atoms with Gasteiger partial charge in [0.05, 0.1) is 19.3 Å². The molecule has 1 fully saturated rings. The molecule has 5 nitrogen and oxygen atoms in total. The number of ether oxygens (including phenoxy) is 3. The lowest BCUT2D eigenvalue weighted by molar-refractivity contribution is -0.139. The minimum atomic E-state index is -1.08. The molecule has 172 valence electrons. The molecule has 0 spiro atoms. The Kier molecular flexibility index (Phi) is 8.10. The summed E-state index contributed by atoms with van der Waals surface area (Å²) in [5, 5.41) is 10.3. The fraction of sp³-hybridized carbons (Fsp3) is 0.400. The van der Waals surface area contributed by atoms with Crippen LogP contribution in [0, 0.1) is 5.92 Å². The summed E-state index contributed by atoms with van der Waals surface area (Å²) in [6.45, 7) is 7.78. The predicted octanol–water partition coefficient (Wildman–Crippen LogP) is 6.68. The van der Waals surface area contributed by atoms with E-state index in [1.165, 1.54) is 7.11 Å². The van der Waals surface area contributed by atoms with Crippen LogP contribution in [0.2, 0.25) is 10.0 Å². The highest BCUT2D eigenvalue weighted by Gasteiger charge is 2.40. The van der Waals surface area contributed by atoms with E-state index in [0.29, 0.717) is 27.1 Å². The van der Waals surface area contributed by atoms with Crippen LogP contribution in [0.4, 0.5) is 0 Å². The molecule has 1 N–H and O–H groups in total. The van der Waals surface area contributed by atoms with Gasteiger partial charge in [0.25, 0.3) is 0 Å². The van der Waals surface area contributed by atoms with Crippen molar-refractivity contribution in [1.82, 2.24) is 0 Å². The summed E-state index contributed by atoms with van der Waals surface area (Å²) in [5.41, 5.74) is 2.79. The molecule has 0 unspecified atom stereocenters. The lowest BCUT2D eigenvalue weighted by Gasteiger charge is -2.43. The van der Waals surface area contributed by atoms with Gasteiger partial charge in [0.2, 0.25) is 0 Å². The number of aliphatic carboxylic acids is 1. The first kappa shape index (κ1) is 24.4. The van der Waals surface area contributed by atoms with Crippen LogP contribution in [0.25, 0.3) is 0 Å². The van der Waals surface area contributed by atoms with E-state index in [-0.39, 0.29) is 17.9 Å². The summed E-state index contributed by atoms with van der Waals surface area (Å²) in [7, 11) is 1.49. The number of carboxylic acids is 1.